The summed E-state index contributed by atoms with van der Waals surface area (Å²) in [7, 11) is 1.55. The molecule has 0 radical (unpaired) electrons. The molecule has 1 atom stereocenters. The second-order valence-electron chi connectivity index (χ2n) is 4.49. The van der Waals surface area contributed by atoms with E-state index in [0.29, 0.717) is 25.1 Å². The molecule has 110 valence electrons. The van der Waals surface area contributed by atoms with Gasteiger partial charge in [-0.15, -0.1) is 0 Å². The van der Waals surface area contributed by atoms with Crippen LogP contribution in [0, 0.1) is 6.92 Å². The van der Waals surface area contributed by atoms with Crippen molar-refractivity contribution in [1.29, 1.82) is 0 Å². The van der Waals surface area contributed by atoms with Crippen molar-refractivity contribution in [3.05, 3.63) is 29.8 Å². The fraction of sp³-hybridized carbons (Fsp3) is 0.429. The molecule has 1 rings (SSSR count). The second-order valence-corrected chi connectivity index (χ2v) is 4.49. The number of carboxylic acids is 1. The Kier molecular flexibility index (Phi) is 6.52. The molecular formula is C14H20N2O4. The number of aryl methyl sites for hydroxylation is 1. The molecule has 0 fully saturated rings. The van der Waals surface area contributed by atoms with E-state index in [4.69, 9.17) is 9.84 Å². The van der Waals surface area contributed by atoms with Gasteiger partial charge >= 0.3 is 12.0 Å². The highest BCUT2D eigenvalue weighted by molar-refractivity contribution is 5.92. The minimum atomic E-state index is -1.06. The summed E-state index contributed by atoms with van der Waals surface area (Å²) < 4.78 is 4.86. The number of carbonyl (C=O) groups excluding carboxylic acids is 1. The Labute approximate surface area is 118 Å². The van der Waals surface area contributed by atoms with E-state index < -0.39 is 18.0 Å². The lowest BCUT2D eigenvalue weighted by Gasteiger charge is -2.15. The highest BCUT2D eigenvalue weighted by Crippen LogP contribution is 2.08. The fourth-order valence-electron chi connectivity index (χ4n) is 1.65. The number of aliphatic carboxylic acids is 1. The van der Waals surface area contributed by atoms with Gasteiger partial charge in [0.15, 0.2) is 0 Å². The summed E-state index contributed by atoms with van der Waals surface area (Å²) in [6.45, 7) is 2.41. The van der Waals surface area contributed by atoms with E-state index in [1.807, 2.05) is 19.1 Å². The molecular weight excluding hydrogens is 260 g/mol. The van der Waals surface area contributed by atoms with Crippen molar-refractivity contribution in [2.45, 2.75) is 25.8 Å². The van der Waals surface area contributed by atoms with E-state index >= 15 is 0 Å². The number of amides is 2. The molecule has 1 aromatic rings. The summed E-state index contributed by atoms with van der Waals surface area (Å²) in [4.78, 5) is 22.8. The standard InChI is InChI=1S/C14H20N2O4/c1-10-5-7-11(8-6-10)15-14(19)16-12(13(17)18)4-3-9-20-2/h5-8,12H,3-4,9H2,1-2H3,(H,17,18)(H2,15,16,19). The van der Waals surface area contributed by atoms with Gasteiger partial charge in [0.2, 0.25) is 0 Å². The van der Waals surface area contributed by atoms with Crippen LogP contribution in [0.15, 0.2) is 24.3 Å². The van der Waals surface area contributed by atoms with Gasteiger partial charge in [-0.25, -0.2) is 9.59 Å². The Morgan fingerprint density at radius 2 is 1.95 bits per heavy atom. The molecule has 6 nitrogen and oxygen atoms in total. The first kappa shape index (κ1) is 16.0. The van der Waals surface area contributed by atoms with Crippen LogP contribution in [-0.2, 0) is 9.53 Å². The lowest BCUT2D eigenvalue weighted by atomic mass is 10.1. The summed E-state index contributed by atoms with van der Waals surface area (Å²) in [5.74, 6) is -1.06. The van der Waals surface area contributed by atoms with Crippen molar-refractivity contribution in [3.8, 4) is 0 Å². The number of hydrogen-bond donors (Lipinski definition) is 3. The molecule has 6 heteroatoms. The molecule has 0 bridgehead atoms. The number of carbonyl (C=O) groups is 2. The van der Waals surface area contributed by atoms with E-state index in [1.54, 1.807) is 19.2 Å². The summed E-state index contributed by atoms with van der Waals surface area (Å²) in [6.07, 6.45) is 0.892. The Balaban J connectivity index is 2.48. The fourth-order valence-corrected chi connectivity index (χ4v) is 1.65. The molecule has 1 aromatic carbocycles. The second kappa shape index (κ2) is 8.16. The van der Waals surface area contributed by atoms with Crippen LogP contribution < -0.4 is 10.6 Å². The van der Waals surface area contributed by atoms with Crippen LogP contribution in [-0.4, -0.2) is 36.9 Å². The predicted octanol–water partition coefficient (Wildman–Crippen LogP) is 2.00. The van der Waals surface area contributed by atoms with Crippen molar-refractivity contribution < 1.29 is 19.4 Å². The molecule has 20 heavy (non-hydrogen) atoms. The number of carboxylic acid groups (broad SMARTS) is 1. The van der Waals surface area contributed by atoms with Gasteiger partial charge in [-0.1, -0.05) is 17.7 Å². The Morgan fingerprint density at radius 3 is 2.50 bits per heavy atom. The van der Waals surface area contributed by atoms with Crippen molar-refractivity contribution in [2.75, 3.05) is 19.0 Å². The summed E-state index contributed by atoms with van der Waals surface area (Å²) in [5, 5.41) is 14.1. The van der Waals surface area contributed by atoms with Crippen LogP contribution in [0.25, 0.3) is 0 Å². The summed E-state index contributed by atoms with van der Waals surface area (Å²) >= 11 is 0. The van der Waals surface area contributed by atoms with Gasteiger partial charge < -0.3 is 20.5 Å². The van der Waals surface area contributed by atoms with Gasteiger partial charge in [-0.2, -0.15) is 0 Å². The van der Waals surface area contributed by atoms with Gasteiger partial charge in [0.25, 0.3) is 0 Å². The van der Waals surface area contributed by atoms with Crippen LogP contribution >= 0.6 is 0 Å². The zero-order valence-electron chi connectivity index (χ0n) is 11.7. The molecule has 3 N–H and O–H groups in total. The minimum Gasteiger partial charge on any atom is -0.480 e. The molecule has 0 heterocycles. The average molecular weight is 280 g/mol. The monoisotopic (exact) mass is 280 g/mol. The average Bonchev–Trinajstić information content (AvgIpc) is 2.40. The zero-order valence-corrected chi connectivity index (χ0v) is 11.7. The van der Waals surface area contributed by atoms with Gasteiger partial charge in [-0.3, -0.25) is 0 Å². The molecule has 0 aliphatic heterocycles. The third-order valence-corrected chi connectivity index (χ3v) is 2.75. The summed E-state index contributed by atoms with van der Waals surface area (Å²) in [5.41, 5.74) is 1.70. The lowest BCUT2D eigenvalue weighted by Crippen LogP contribution is -2.43. The van der Waals surface area contributed by atoms with Crippen LogP contribution in [0.2, 0.25) is 0 Å². The van der Waals surface area contributed by atoms with Crippen molar-refractivity contribution in [1.82, 2.24) is 5.32 Å². The Hall–Kier alpha value is -2.08. The molecule has 2 amide bonds. The van der Waals surface area contributed by atoms with Gasteiger partial charge in [-0.05, 0) is 31.9 Å². The van der Waals surface area contributed by atoms with Crippen molar-refractivity contribution in [3.63, 3.8) is 0 Å². The number of methoxy groups -OCH3 is 1. The number of ether oxygens (including phenoxy) is 1. The zero-order chi connectivity index (χ0) is 15.0. The Bertz CT molecular complexity index is 445. The van der Waals surface area contributed by atoms with E-state index in [-0.39, 0.29) is 0 Å². The van der Waals surface area contributed by atoms with Crippen molar-refractivity contribution >= 4 is 17.7 Å². The SMILES string of the molecule is COCCCC(NC(=O)Nc1ccc(C)cc1)C(=O)O. The third kappa shape index (κ3) is 5.71. The number of urea groups is 1. The number of hydrogen-bond acceptors (Lipinski definition) is 3. The molecule has 0 aliphatic rings. The Morgan fingerprint density at radius 1 is 1.30 bits per heavy atom. The van der Waals surface area contributed by atoms with Crippen LogP contribution in [0.5, 0.6) is 0 Å². The molecule has 0 aliphatic carbocycles. The third-order valence-electron chi connectivity index (χ3n) is 2.75. The quantitative estimate of drug-likeness (QED) is 0.667. The van der Waals surface area contributed by atoms with E-state index in [1.165, 1.54) is 0 Å². The first-order valence-corrected chi connectivity index (χ1v) is 6.39. The van der Waals surface area contributed by atoms with Gasteiger partial charge in [0.1, 0.15) is 6.04 Å². The number of anilines is 1. The largest absolute Gasteiger partial charge is 0.480 e. The topological polar surface area (TPSA) is 87.7 Å². The van der Waals surface area contributed by atoms with Crippen molar-refractivity contribution in [2.24, 2.45) is 0 Å². The number of benzene rings is 1. The minimum absolute atomic E-state index is 0.324. The maximum absolute atomic E-state index is 11.7. The highest BCUT2D eigenvalue weighted by atomic mass is 16.5. The van der Waals surface area contributed by atoms with Gasteiger partial charge in [0, 0.05) is 19.4 Å². The first-order chi connectivity index (χ1) is 9.52. The van der Waals surface area contributed by atoms with Crippen LogP contribution in [0.4, 0.5) is 10.5 Å². The molecule has 0 saturated heterocycles. The van der Waals surface area contributed by atoms with E-state index in [9.17, 15) is 9.59 Å². The maximum Gasteiger partial charge on any atom is 0.326 e. The smallest absolute Gasteiger partial charge is 0.326 e. The molecule has 0 saturated carbocycles. The molecule has 0 spiro atoms. The van der Waals surface area contributed by atoms with E-state index in [2.05, 4.69) is 10.6 Å². The maximum atomic E-state index is 11.7. The molecule has 1 unspecified atom stereocenters. The van der Waals surface area contributed by atoms with Crippen LogP contribution in [0.1, 0.15) is 18.4 Å². The molecule has 0 aromatic heterocycles. The number of nitrogens with one attached hydrogen (secondary N) is 2. The first-order valence-electron chi connectivity index (χ1n) is 6.39. The normalized spacial score (nSPS) is 11.7. The summed E-state index contributed by atoms with van der Waals surface area (Å²) in [6, 6.07) is 5.80. The van der Waals surface area contributed by atoms with E-state index in [0.717, 1.165) is 5.56 Å². The van der Waals surface area contributed by atoms with Gasteiger partial charge in [0.05, 0.1) is 0 Å². The highest BCUT2D eigenvalue weighted by Gasteiger charge is 2.19. The van der Waals surface area contributed by atoms with Crippen LogP contribution in [0.3, 0.4) is 0 Å². The predicted molar refractivity (Wildman–Crippen MR) is 75.9 cm³/mol. The number of rotatable bonds is 7. The lowest BCUT2D eigenvalue weighted by molar-refractivity contribution is -0.139.